The Morgan fingerprint density at radius 3 is 2.48 bits per heavy atom. The molecule has 8 heteroatoms. The van der Waals surface area contributed by atoms with E-state index < -0.39 is 15.8 Å². The number of ether oxygens (including phenoxy) is 1. The van der Waals surface area contributed by atoms with Crippen LogP contribution in [0.15, 0.2) is 58.6 Å². The van der Waals surface area contributed by atoms with Crippen molar-refractivity contribution in [1.82, 2.24) is 8.87 Å². The molecule has 0 N–H and O–H groups in total. The van der Waals surface area contributed by atoms with Crippen molar-refractivity contribution in [3.63, 3.8) is 0 Å². The highest BCUT2D eigenvalue weighted by molar-refractivity contribution is 7.90. The third-order valence-electron chi connectivity index (χ3n) is 5.19. The number of fused-ring (bicyclic) bond motifs is 1. The summed E-state index contributed by atoms with van der Waals surface area (Å²) in [5.74, 6) is 0.132. The maximum Gasteiger partial charge on any atom is 0.268 e. The van der Waals surface area contributed by atoms with Crippen LogP contribution in [0.2, 0.25) is 0 Å². The van der Waals surface area contributed by atoms with Gasteiger partial charge in [0.2, 0.25) is 0 Å². The fourth-order valence-corrected chi connectivity index (χ4v) is 5.28. The van der Waals surface area contributed by atoms with E-state index in [-0.39, 0.29) is 4.90 Å². The van der Waals surface area contributed by atoms with Gasteiger partial charge >= 0.3 is 0 Å². The monoisotopic (exact) mass is 434 g/mol. The summed E-state index contributed by atoms with van der Waals surface area (Å²) < 4.78 is 46.5. The lowest BCUT2D eigenvalue weighted by molar-refractivity contribution is 0.375. The van der Waals surface area contributed by atoms with Crippen LogP contribution in [-0.2, 0) is 10.0 Å². The zero-order valence-corrected chi connectivity index (χ0v) is 17.6. The van der Waals surface area contributed by atoms with Gasteiger partial charge < -0.3 is 4.74 Å². The number of benzene rings is 2. The van der Waals surface area contributed by atoms with Gasteiger partial charge in [0.05, 0.1) is 17.5 Å². The lowest BCUT2D eigenvalue weighted by atomic mass is 10.1. The molecule has 1 aliphatic heterocycles. The molecule has 0 aliphatic carbocycles. The first-order valence-corrected chi connectivity index (χ1v) is 11.0. The molecular weight excluding hydrogens is 415 g/mol. The van der Waals surface area contributed by atoms with Gasteiger partial charge in [0.1, 0.15) is 11.6 Å². The molecule has 0 spiro atoms. The van der Waals surface area contributed by atoms with Gasteiger partial charge in [-0.2, -0.15) is 0 Å². The Morgan fingerprint density at radius 2 is 1.86 bits per heavy atom. The lowest BCUT2D eigenvalue weighted by Crippen LogP contribution is -2.20. The van der Waals surface area contributed by atoms with E-state index in [1.807, 2.05) is 6.07 Å². The molecule has 152 valence electrons. The standard InChI is InChI=1S/C21H20ClFN2O3S/c1-3-24-11-19(20(22)13-24)18-12-25(21-9-6-15(28-2)10-17(18)21)29(26,27)16-7-4-14(23)5-8-16/h4-10,12H,3,11,13H2,1-2H3. The van der Waals surface area contributed by atoms with Gasteiger partial charge in [-0.25, -0.2) is 16.8 Å². The molecule has 3 aromatic rings. The van der Waals surface area contributed by atoms with E-state index >= 15 is 0 Å². The van der Waals surface area contributed by atoms with Crippen LogP contribution in [0.1, 0.15) is 12.5 Å². The summed E-state index contributed by atoms with van der Waals surface area (Å²) in [4.78, 5) is 2.19. The Labute approximate surface area is 174 Å². The predicted octanol–water partition coefficient (Wildman–Crippen LogP) is 4.31. The third-order valence-corrected chi connectivity index (χ3v) is 7.23. The molecule has 4 rings (SSSR count). The van der Waals surface area contributed by atoms with Crippen LogP contribution in [0, 0.1) is 5.82 Å². The highest BCUT2D eigenvalue weighted by Gasteiger charge is 2.27. The molecule has 0 radical (unpaired) electrons. The van der Waals surface area contributed by atoms with Gasteiger partial charge in [0, 0.05) is 35.3 Å². The van der Waals surface area contributed by atoms with Crippen molar-refractivity contribution < 1.29 is 17.5 Å². The van der Waals surface area contributed by atoms with Crippen molar-refractivity contribution in [2.24, 2.45) is 0 Å². The second-order valence-corrected chi connectivity index (χ2v) is 9.14. The van der Waals surface area contributed by atoms with Crippen molar-refractivity contribution in [1.29, 1.82) is 0 Å². The molecule has 1 aromatic heterocycles. The first kappa shape index (κ1) is 19.9. The van der Waals surface area contributed by atoms with Gasteiger partial charge in [-0.15, -0.1) is 0 Å². The van der Waals surface area contributed by atoms with Crippen molar-refractivity contribution in [2.45, 2.75) is 11.8 Å². The number of methoxy groups -OCH3 is 1. The molecular formula is C21H20ClFN2O3S. The summed E-state index contributed by atoms with van der Waals surface area (Å²) >= 11 is 6.52. The quantitative estimate of drug-likeness (QED) is 0.600. The van der Waals surface area contributed by atoms with Crippen LogP contribution in [0.25, 0.3) is 16.5 Å². The third kappa shape index (κ3) is 3.43. The maximum absolute atomic E-state index is 13.3. The number of hydrogen-bond acceptors (Lipinski definition) is 4. The Morgan fingerprint density at radius 1 is 1.14 bits per heavy atom. The minimum atomic E-state index is -3.92. The highest BCUT2D eigenvalue weighted by atomic mass is 35.5. The van der Waals surface area contributed by atoms with Crippen LogP contribution >= 0.6 is 11.6 Å². The molecule has 0 fully saturated rings. The van der Waals surface area contributed by atoms with Gasteiger partial charge in [0.15, 0.2) is 0 Å². The van der Waals surface area contributed by atoms with E-state index in [1.165, 1.54) is 16.1 Å². The number of nitrogens with zero attached hydrogens (tertiary/aromatic N) is 2. The molecule has 1 aliphatic rings. The Balaban J connectivity index is 1.95. The number of hydrogen-bond donors (Lipinski definition) is 0. The first-order valence-electron chi connectivity index (χ1n) is 9.15. The Kier molecular flexibility index (Phi) is 5.14. The van der Waals surface area contributed by atoms with Gasteiger partial charge in [-0.3, -0.25) is 4.90 Å². The second kappa shape index (κ2) is 7.48. The van der Waals surface area contributed by atoms with E-state index in [1.54, 1.807) is 25.4 Å². The van der Waals surface area contributed by atoms with Crippen LogP contribution in [0.3, 0.4) is 0 Å². The lowest BCUT2D eigenvalue weighted by Gasteiger charge is -2.11. The smallest absolute Gasteiger partial charge is 0.268 e. The molecule has 0 saturated heterocycles. The second-order valence-electron chi connectivity index (χ2n) is 6.87. The number of likely N-dealkylation sites (N-methyl/N-ethyl adjacent to an activating group) is 1. The summed E-state index contributed by atoms with van der Waals surface area (Å²) in [5.41, 5.74) is 2.17. The van der Waals surface area contributed by atoms with Crippen LogP contribution in [-0.4, -0.2) is 44.0 Å². The molecule has 0 bridgehead atoms. The van der Waals surface area contributed by atoms with E-state index in [4.69, 9.17) is 16.3 Å². The molecule has 2 heterocycles. The molecule has 2 aromatic carbocycles. The Hall–Kier alpha value is -2.35. The minimum absolute atomic E-state index is 0.0138. The zero-order chi connectivity index (χ0) is 20.8. The topological polar surface area (TPSA) is 51.5 Å². The molecule has 5 nitrogen and oxygen atoms in total. The maximum atomic E-state index is 13.3. The van der Waals surface area contributed by atoms with E-state index in [0.717, 1.165) is 35.2 Å². The average Bonchev–Trinajstić information content (AvgIpc) is 3.28. The van der Waals surface area contributed by atoms with Gasteiger partial charge in [-0.1, -0.05) is 18.5 Å². The summed E-state index contributed by atoms with van der Waals surface area (Å²) in [6.07, 6.45) is 1.60. The molecule has 0 saturated carbocycles. The van der Waals surface area contributed by atoms with Gasteiger partial charge in [0.25, 0.3) is 10.0 Å². The van der Waals surface area contributed by atoms with Crippen molar-refractivity contribution in [2.75, 3.05) is 26.7 Å². The molecule has 0 amide bonds. The van der Waals surface area contributed by atoms with Gasteiger partial charge in [-0.05, 0) is 54.6 Å². The minimum Gasteiger partial charge on any atom is -0.497 e. The zero-order valence-electron chi connectivity index (χ0n) is 16.0. The number of rotatable bonds is 5. The summed E-state index contributed by atoms with van der Waals surface area (Å²) in [7, 11) is -2.35. The van der Waals surface area contributed by atoms with E-state index in [2.05, 4.69) is 11.8 Å². The van der Waals surface area contributed by atoms with Crippen molar-refractivity contribution in [3.8, 4) is 5.75 Å². The van der Waals surface area contributed by atoms with Crippen LogP contribution in [0.5, 0.6) is 5.75 Å². The number of aromatic nitrogens is 1. The van der Waals surface area contributed by atoms with Crippen molar-refractivity contribution in [3.05, 3.63) is 65.1 Å². The van der Waals surface area contributed by atoms with E-state index in [9.17, 15) is 12.8 Å². The first-order chi connectivity index (χ1) is 13.8. The van der Waals surface area contributed by atoms with E-state index in [0.29, 0.717) is 29.4 Å². The average molecular weight is 435 g/mol. The molecule has 0 unspecified atom stereocenters. The van der Waals surface area contributed by atoms with Crippen LogP contribution in [0.4, 0.5) is 4.39 Å². The predicted molar refractivity (Wildman–Crippen MR) is 112 cm³/mol. The largest absolute Gasteiger partial charge is 0.497 e. The van der Waals surface area contributed by atoms with Crippen molar-refractivity contribution >= 4 is 38.1 Å². The normalized spacial score (nSPS) is 15.4. The SMILES string of the molecule is CCN1CC(Cl)=C(c2cn(S(=O)(=O)c3ccc(F)cc3)c3ccc(OC)cc23)C1. The summed E-state index contributed by atoms with van der Waals surface area (Å²) in [6.45, 7) is 4.17. The van der Waals surface area contributed by atoms with Crippen LogP contribution < -0.4 is 4.74 Å². The fourth-order valence-electron chi connectivity index (χ4n) is 3.58. The molecule has 29 heavy (non-hydrogen) atoms. The Bertz CT molecular complexity index is 1220. The number of halogens is 2. The molecule has 0 atom stereocenters. The fraction of sp³-hybridized carbons (Fsp3) is 0.238. The summed E-state index contributed by atoms with van der Waals surface area (Å²) in [6, 6.07) is 10.0. The summed E-state index contributed by atoms with van der Waals surface area (Å²) in [5, 5.41) is 1.44. The highest BCUT2D eigenvalue weighted by Crippen LogP contribution is 2.37.